The first-order valence-electron chi connectivity index (χ1n) is 6.86. The average molecular weight is 302 g/mol. The van der Waals surface area contributed by atoms with E-state index in [0.29, 0.717) is 17.2 Å². The number of rotatable bonds is 2. The van der Waals surface area contributed by atoms with Crippen molar-refractivity contribution in [2.24, 2.45) is 0 Å². The van der Waals surface area contributed by atoms with Crippen molar-refractivity contribution in [3.05, 3.63) is 40.3 Å². The molecule has 0 radical (unpaired) electrons. The molecule has 0 saturated carbocycles. The van der Waals surface area contributed by atoms with E-state index in [9.17, 15) is 4.79 Å². The molecule has 2 heterocycles. The smallest absolute Gasteiger partial charge is 0.268 e. The first kappa shape index (κ1) is 13.9. The van der Waals surface area contributed by atoms with Crippen molar-refractivity contribution >= 4 is 28.2 Å². The molecule has 2 N–H and O–H groups in total. The fourth-order valence-electron chi connectivity index (χ4n) is 2.48. The molecule has 1 aromatic carbocycles. The Bertz CT molecular complexity index is 680. The fraction of sp³-hybridized carbons (Fsp3) is 0.333. The summed E-state index contributed by atoms with van der Waals surface area (Å²) in [6.07, 6.45) is 0.890. The number of nitrogen functional groups attached to an aromatic ring is 1. The van der Waals surface area contributed by atoms with Crippen molar-refractivity contribution in [3.8, 4) is 0 Å². The molecule has 0 unspecified atom stereocenters. The summed E-state index contributed by atoms with van der Waals surface area (Å²) >= 11 is 1.35. The van der Waals surface area contributed by atoms with Gasteiger partial charge in [-0.1, -0.05) is 35.6 Å². The molecule has 2 aromatic rings. The summed E-state index contributed by atoms with van der Waals surface area (Å²) in [7, 11) is 3.79. The van der Waals surface area contributed by atoms with Gasteiger partial charge in [0.1, 0.15) is 10.7 Å². The highest BCUT2D eigenvalue weighted by molar-refractivity contribution is 7.18. The van der Waals surface area contributed by atoms with Crippen LogP contribution in [0.25, 0.3) is 0 Å². The molecule has 6 heteroatoms. The van der Waals surface area contributed by atoms with Gasteiger partial charge in [0.05, 0.1) is 0 Å². The molecule has 0 atom stereocenters. The number of anilines is 2. The normalized spacial score (nSPS) is 13.9. The largest absolute Gasteiger partial charge is 0.382 e. The van der Waals surface area contributed by atoms with Crippen LogP contribution in [-0.4, -0.2) is 36.4 Å². The van der Waals surface area contributed by atoms with Crippen molar-refractivity contribution in [1.29, 1.82) is 0 Å². The summed E-state index contributed by atoms with van der Waals surface area (Å²) in [4.78, 5) is 21.2. The minimum atomic E-state index is -0.0207. The molecule has 21 heavy (non-hydrogen) atoms. The van der Waals surface area contributed by atoms with Crippen molar-refractivity contribution in [1.82, 2.24) is 9.88 Å². The van der Waals surface area contributed by atoms with Crippen LogP contribution in [0.5, 0.6) is 0 Å². The van der Waals surface area contributed by atoms with Gasteiger partial charge in [-0.25, -0.2) is 4.98 Å². The lowest BCUT2D eigenvalue weighted by Gasteiger charge is -2.28. The fourth-order valence-corrected chi connectivity index (χ4v) is 3.35. The molecule has 0 fully saturated rings. The highest BCUT2D eigenvalue weighted by Gasteiger charge is 2.25. The van der Waals surface area contributed by atoms with Gasteiger partial charge >= 0.3 is 0 Å². The number of nitrogens with two attached hydrogens (primary N) is 1. The lowest BCUT2D eigenvalue weighted by molar-refractivity contribution is 0.0740. The third kappa shape index (κ3) is 2.58. The zero-order chi connectivity index (χ0) is 15.0. The Morgan fingerprint density at radius 3 is 2.71 bits per heavy atom. The Labute approximate surface area is 128 Å². The number of benzene rings is 1. The van der Waals surface area contributed by atoms with Crippen LogP contribution in [0.1, 0.15) is 20.8 Å². The number of fused-ring (bicyclic) bond motifs is 1. The van der Waals surface area contributed by atoms with Crippen LogP contribution in [0, 0.1) is 0 Å². The van der Waals surface area contributed by atoms with E-state index in [1.165, 1.54) is 22.5 Å². The van der Waals surface area contributed by atoms with E-state index in [0.717, 1.165) is 18.1 Å². The van der Waals surface area contributed by atoms with Gasteiger partial charge < -0.3 is 15.5 Å². The molecular weight excluding hydrogens is 284 g/mol. The Morgan fingerprint density at radius 2 is 2.05 bits per heavy atom. The van der Waals surface area contributed by atoms with Gasteiger partial charge in [0.25, 0.3) is 5.91 Å². The highest BCUT2D eigenvalue weighted by Crippen LogP contribution is 2.29. The maximum absolute atomic E-state index is 12.7. The number of amides is 1. The Hall–Kier alpha value is -2.08. The van der Waals surface area contributed by atoms with Gasteiger partial charge in [-0.2, -0.15) is 0 Å². The van der Waals surface area contributed by atoms with Crippen LogP contribution < -0.4 is 10.6 Å². The van der Waals surface area contributed by atoms with E-state index in [2.05, 4.69) is 17.1 Å². The van der Waals surface area contributed by atoms with Gasteiger partial charge in [-0.05, 0) is 17.5 Å². The van der Waals surface area contributed by atoms with Crippen LogP contribution in [0.3, 0.4) is 0 Å². The first-order chi connectivity index (χ1) is 10.1. The topological polar surface area (TPSA) is 62.5 Å². The molecule has 0 spiro atoms. The molecule has 110 valence electrons. The molecule has 1 amide bonds. The van der Waals surface area contributed by atoms with Gasteiger partial charge in [0.2, 0.25) is 0 Å². The SMILES string of the molecule is CN(C)c1nc(N)c(C(=O)N2CCc3ccccc3C2)s1. The average Bonchev–Trinajstić information content (AvgIpc) is 2.88. The molecule has 3 rings (SSSR count). The number of nitrogens with zero attached hydrogens (tertiary/aromatic N) is 3. The van der Waals surface area contributed by atoms with E-state index in [-0.39, 0.29) is 5.91 Å². The second-order valence-corrected chi connectivity index (χ2v) is 6.33. The number of carbonyl (C=O) groups is 1. The standard InChI is InChI=1S/C15H18N4OS/c1-18(2)15-17-13(16)12(21-15)14(20)19-8-7-10-5-3-4-6-11(10)9-19/h3-6H,7-9,16H2,1-2H3. The maximum atomic E-state index is 12.7. The zero-order valence-electron chi connectivity index (χ0n) is 12.2. The van der Waals surface area contributed by atoms with Gasteiger partial charge in [-0.15, -0.1) is 0 Å². The Balaban J connectivity index is 1.84. The van der Waals surface area contributed by atoms with Gasteiger partial charge in [0.15, 0.2) is 5.13 Å². The molecule has 1 aliphatic rings. The quantitative estimate of drug-likeness (QED) is 0.921. The van der Waals surface area contributed by atoms with E-state index in [1.54, 1.807) is 0 Å². The van der Waals surface area contributed by atoms with Crippen molar-refractivity contribution in [3.63, 3.8) is 0 Å². The second-order valence-electron chi connectivity index (χ2n) is 5.35. The molecule has 1 aromatic heterocycles. The first-order valence-corrected chi connectivity index (χ1v) is 7.67. The van der Waals surface area contributed by atoms with Crippen LogP contribution >= 0.6 is 11.3 Å². The summed E-state index contributed by atoms with van der Waals surface area (Å²) in [5.41, 5.74) is 8.45. The van der Waals surface area contributed by atoms with Crippen LogP contribution in [-0.2, 0) is 13.0 Å². The number of thiazole rings is 1. The zero-order valence-corrected chi connectivity index (χ0v) is 13.0. The molecule has 0 saturated heterocycles. The summed E-state index contributed by atoms with van der Waals surface area (Å²) in [6.45, 7) is 1.37. The van der Waals surface area contributed by atoms with Crippen molar-refractivity contribution in [2.75, 3.05) is 31.3 Å². The lowest BCUT2D eigenvalue weighted by atomic mass is 10.00. The van der Waals surface area contributed by atoms with Gasteiger partial charge in [0, 0.05) is 27.2 Å². The minimum Gasteiger partial charge on any atom is -0.382 e. The number of hydrogen-bond donors (Lipinski definition) is 1. The molecule has 0 aliphatic carbocycles. The third-order valence-corrected chi connectivity index (χ3v) is 4.86. The molecular formula is C15H18N4OS. The third-order valence-electron chi connectivity index (χ3n) is 3.64. The summed E-state index contributed by atoms with van der Waals surface area (Å²) < 4.78 is 0. The predicted molar refractivity (Wildman–Crippen MR) is 85.7 cm³/mol. The molecule has 0 bridgehead atoms. The van der Waals surface area contributed by atoms with E-state index >= 15 is 0 Å². The molecule has 5 nitrogen and oxygen atoms in total. The second kappa shape index (κ2) is 5.37. The summed E-state index contributed by atoms with van der Waals surface area (Å²) in [5, 5.41) is 0.758. The van der Waals surface area contributed by atoms with Crippen LogP contribution in [0.4, 0.5) is 10.9 Å². The maximum Gasteiger partial charge on any atom is 0.268 e. The number of hydrogen-bond acceptors (Lipinski definition) is 5. The Morgan fingerprint density at radius 1 is 1.33 bits per heavy atom. The summed E-state index contributed by atoms with van der Waals surface area (Å²) in [5.74, 6) is 0.306. The predicted octanol–water partition coefficient (Wildman–Crippen LogP) is 1.99. The highest BCUT2D eigenvalue weighted by atomic mass is 32.1. The van der Waals surface area contributed by atoms with E-state index < -0.39 is 0 Å². The van der Waals surface area contributed by atoms with Gasteiger partial charge in [-0.3, -0.25) is 4.79 Å². The monoisotopic (exact) mass is 302 g/mol. The van der Waals surface area contributed by atoms with Crippen molar-refractivity contribution < 1.29 is 4.79 Å². The minimum absolute atomic E-state index is 0.0207. The van der Waals surface area contributed by atoms with Crippen LogP contribution in [0.15, 0.2) is 24.3 Å². The number of carbonyl (C=O) groups excluding carboxylic acids is 1. The molecule has 1 aliphatic heterocycles. The van der Waals surface area contributed by atoms with E-state index in [1.807, 2.05) is 36.0 Å². The number of aromatic nitrogens is 1. The van der Waals surface area contributed by atoms with Crippen LogP contribution in [0.2, 0.25) is 0 Å². The van der Waals surface area contributed by atoms with E-state index in [4.69, 9.17) is 5.73 Å². The summed E-state index contributed by atoms with van der Waals surface area (Å²) in [6, 6.07) is 8.26. The van der Waals surface area contributed by atoms with Crippen molar-refractivity contribution in [2.45, 2.75) is 13.0 Å². The Kier molecular flexibility index (Phi) is 3.55. The lowest BCUT2D eigenvalue weighted by Crippen LogP contribution is -2.35.